The number of aromatic nitrogens is 2. The maximum atomic E-state index is 13.5. The van der Waals surface area contributed by atoms with Crippen LogP contribution in [0, 0.1) is 17.6 Å². The Hall–Kier alpha value is -1.99. The van der Waals surface area contributed by atoms with Gasteiger partial charge in [0.25, 0.3) is 0 Å². The number of nitrogens with zero attached hydrogens (tertiary/aromatic N) is 3. The van der Waals surface area contributed by atoms with Gasteiger partial charge in [-0.05, 0) is 30.2 Å². The molecule has 1 aliphatic heterocycles. The molecule has 1 unspecified atom stereocenters. The number of aryl methyl sites for hydroxylation is 1. The second-order valence-corrected chi connectivity index (χ2v) is 6.62. The molecule has 3 rings (SSSR count). The summed E-state index contributed by atoms with van der Waals surface area (Å²) < 4.78 is 28.4. The number of hydrogen-bond donors (Lipinski definition) is 1. The van der Waals surface area contributed by atoms with E-state index in [0.29, 0.717) is 12.1 Å². The molecule has 0 spiro atoms. The minimum Gasteiger partial charge on any atom is -0.339 e. The lowest BCUT2D eigenvalue weighted by molar-refractivity contribution is -0.136. The van der Waals surface area contributed by atoms with Gasteiger partial charge in [0.2, 0.25) is 5.91 Å². The minimum absolute atomic E-state index is 0. The molecule has 3 atom stereocenters. The van der Waals surface area contributed by atoms with Gasteiger partial charge in [-0.25, -0.2) is 8.78 Å². The van der Waals surface area contributed by atoms with Crippen LogP contribution in [0.1, 0.15) is 30.0 Å². The Bertz CT molecular complexity index is 782. The van der Waals surface area contributed by atoms with E-state index < -0.39 is 11.6 Å². The zero-order valence-corrected chi connectivity index (χ0v) is 15.8. The first-order valence-corrected chi connectivity index (χ1v) is 8.29. The van der Waals surface area contributed by atoms with Crippen molar-refractivity contribution in [2.45, 2.75) is 18.9 Å². The molecule has 1 aromatic carbocycles. The van der Waals surface area contributed by atoms with Crippen molar-refractivity contribution in [3.05, 3.63) is 53.4 Å². The number of rotatable bonds is 4. The smallest absolute Gasteiger partial charge is 0.227 e. The summed E-state index contributed by atoms with van der Waals surface area (Å²) in [7, 11) is 3.55. The number of benzene rings is 1. The van der Waals surface area contributed by atoms with Crippen LogP contribution in [0.4, 0.5) is 8.78 Å². The zero-order chi connectivity index (χ0) is 18.1. The van der Waals surface area contributed by atoms with Gasteiger partial charge in [0.1, 0.15) is 0 Å². The second kappa shape index (κ2) is 8.14. The van der Waals surface area contributed by atoms with E-state index in [2.05, 4.69) is 10.4 Å². The normalized spacial score (nSPS) is 20.5. The van der Waals surface area contributed by atoms with E-state index >= 15 is 0 Å². The van der Waals surface area contributed by atoms with Crippen LogP contribution in [0.3, 0.4) is 0 Å². The molecule has 1 amide bonds. The first-order chi connectivity index (χ1) is 11.9. The highest BCUT2D eigenvalue weighted by Gasteiger charge is 2.37. The van der Waals surface area contributed by atoms with Crippen LogP contribution < -0.4 is 5.32 Å². The molecule has 1 N–H and O–H groups in total. The molecule has 5 nitrogen and oxygen atoms in total. The molecule has 142 valence electrons. The molecule has 1 saturated heterocycles. The number of hydrogen-bond acceptors (Lipinski definition) is 3. The van der Waals surface area contributed by atoms with E-state index in [1.807, 2.05) is 20.2 Å². The van der Waals surface area contributed by atoms with Gasteiger partial charge < -0.3 is 10.2 Å². The summed E-state index contributed by atoms with van der Waals surface area (Å²) in [6.07, 6.45) is 3.72. The van der Waals surface area contributed by atoms with E-state index in [1.165, 1.54) is 6.07 Å². The molecule has 1 aliphatic rings. The summed E-state index contributed by atoms with van der Waals surface area (Å²) in [5.74, 6) is -1.96. The van der Waals surface area contributed by atoms with Crippen molar-refractivity contribution in [1.82, 2.24) is 20.0 Å². The number of halogens is 3. The lowest BCUT2D eigenvalue weighted by atomic mass is 9.89. The van der Waals surface area contributed by atoms with E-state index in [9.17, 15) is 13.6 Å². The molecule has 0 aliphatic carbocycles. The first kappa shape index (κ1) is 20.3. The molecule has 8 heteroatoms. The van der Waals surface area contributed by atoms with Crippen molar-refractivity contribution in [3.8, 4) is 0 Å². The van der Waals surface area contributed by atoms with Crippen molar-refractivity contribution in [3.63, 3.8) is 0 Å². The van der Waals surface area contributed by atoms with Crippen LogP contribution in [-0.4, -0.2) is 40.7 Å². The molecule has 0 bridgehead atoms. The molecular formula is C18H23ClF2N4O. The van der Waals surface area contributed by atoms with E-state index in [1.54, 1.807) is 22.8 Å². The first-order valence-electron chi connectivity index (χ1n) is 8.29. The molecule has 0 saturated carbocycles. The van der Waals surface area contributed by atoms with Crippen molar-refractivity contribution in [1.29, 1.82) is 0 Å². The van der Waals surface area contributed by atoms with Gasteiger partial charge in [-0.2, -0.15) is 5.10 Å². The molecule has 1 fully saturated rings. The van der Waals surface area contributed by atoms with Crippen molar-refractivity contribution in [2.75, 3.05) is 20.1 Å². The molecule has 26 heavy (non-hydrogen) atoms. The predicted octanol–water partition coefficient (Wildman–Crippen LogP) is 2.64. The zero-order valence-electron chi connectivity index (χ0n) is 14.9. The van der Waals surface area contributed by atoms with Gasteiger partial charge in [0.15, 0.2) is 11.6 Å². The van der Waals surface area contributed by atoms with Gasteiger partial charge in [-0.15, -0.1) is 12.4 Å². The average molecular weight is 385 g/mol. The second-order valence-electron chi connectivity index (χ2n) is 6.62. The van der Waals surface area contributed by atoms with Crippen LogP contribution in [0.25, 0.3) is 0 Å². The third kappa shape index (κ3) is 3.88. The molecule has 2 aromatic rings. The van der Waals surface area contributed by atoms with Crippen LogP contribution in [-0.2, 0) is 11.8 Å². The maximum absolute atomic E-state index is 13.5. The van der Waals surface area contributed by atoms with Crippen LogP contribution in [0.5, 0.6) is 0 Å². The molecule has 2 heterocycles. The number of carbonyl (C=O) groups excluding carboxylic acids is 1. The Labute approximate surface area is 157 Å². The summed E-state index contributed by atoms with van der Waals surface area (Å²) >= 11 is 0. The summed E-state index contributed by atoms with van der Waals surface area (Å²) in [5.41, 5.74) is 1.60. The lowest BCUT2D eigenvalue weighted by Crippen LogP contribution is -2.37. The standard InChI is InChI=1S/C18H22F2N4O.ClH/c1-11(12-4-5-16(19)17(20)6-12)24(3)18(25)15-9-21-8-14(15)13-7-22-23(2)10-13;/h4-7,10-11,14-15,21H,8-9H2,1-3H3;1H/t11?,14-,15+;/m1./s1. The Morgan fingerprint density at radius 1 is 1.35 bits per heavy atom. The van der Waals surface area contributed by atoms with Gasteiger partial charge in [0, 0.05) is 39.3 Å². The summed E-state index contributed by atoms with van der Waals surface area (Å²) in [4.78, 5) is 14.6. The average Bonchev–Trinajstić information content (AvgIpc) is 3.23. The van der Waals surface area contributed by atoms with Gasteiger partial charge >= 0.3 is 0 Å². The third-order valence-electron chi connectivity index (χ3n) is 5.04. The summed E-state index contributed by atoms with van der Waals surface area (Å²) in [6.45, 7) is 3.12. The molecular weight excluding hydrogens is 362 g/mol. The fourth-order valence-electron chi connectivity index (χ4n) is 3.37. The fourth-order valence-corrected chi connectivity index (χ4v) is 3.37. The van der Waals surface area contributed by atoms with Gasteiger partial charge in [-0.1, -0.05) is 6.07 Å². The molecule has 0 radical (unpaired) electrons. The lowest BCUT2D eigenvalue weighted by Gasteiger charge is -2.29. The van der Waals surface area contributed by atoms with E-state index in [-0.39, 0.29) is 36.2 Å². The number of nitrogens with one attached hydrogen (secondary N) is 1. The summed E-state index contributed by atoms with van der Waals surface area (Å²) in [5, 5.41) is 7.45. The monoisotopic (exact) mass is 384 g/mol. The van der Waals surface area contributed by atoms with Crippen molar-refractivity contribution in [2.24, 2.45) is 13.0 Å². The van der Waals surface area contributed by atoms with Crippen LogP contribution in [0.15, 0.2) is 30.6 Å². The predicted molar refractivity (Wildman–Crippen MR) is 97.1 cm³/mol. The largest absolute Gasteiger partial charge is 0.339 e. The van der Waals surface area contributed by atoms with Crippen molar-refractivity contribution < 1.29 is 13.6 Å². The maximum Gasteiger partial charge on any atom is 0.227 e. The third-order valence-corrected chi connectivity index (χ3v) is 5.04. The van der Waals surface area contributed by atoms with Crippen LogP contribution >= 0.6 is 12.4 Å². The Kier molecular flexibility index (Phi) is 6.36. The molecule has 1 aromatic heterocycles. The number of amides is 1. The van der Waals surface area contributed by atoms with Crippen molar-refractivity contribution >= 4 is 18.3 Å². The highest BCUT2D eigenvalue weighted by Crippen LogP contribution is 2.31. The van der Waals surface area contributed by atoms with Gasteiger partial charge in [-0.3, -0.25) is 9.48 Å². The van der Waals surface area contributed by atoms with Crippen LogP contribution in [0.2, 0.25) is 0 Å². The number of carbonyl (C=O) groups is 1. The Balaban J connectivity index is 0.00000243. The SMILES string of the molecule is CC(c1ccc(F)c(F)c1)N(C)C(=O)[C@H]1CNC[C@@H]1c1cnn(C)c1.Cl. The van der Waals surface area contributed by atoms with Gasteiger partial charge in [0.05, 0.1) is 18.2 Å². The highest BCUT2D eigenvalue weighted by atomic mass is 35.5. The summed E-state index contributed by atoms with van der Waals surface area (Å²) in [6, 6.07) is 3.40. The minimum atomic E-state index is -0.902. The quantitative estimate of drug-likeness (QED) is 0.881. The fraction of sp³-hybridized carbons (Fsp3) is 0.444. The van der Waals surface area contributed by atoms with E-state index in [4.69, 9.17) is 0 Å². The topological polar surface area (TPSA) is 50.2 Å². The Morgan fingerprint density at radius 2 is 2.08 bits per heavy atom. The highest BCUT2D eigenvalue weighted by molar-refractivity contribution is 5.85. The van der Waals surface area contributed by atoms with E-state index in [0.717, 1.165) is 24.2 Å². The Morgan fingerprint density at radius 3 is 2.69 bits per heavy atom.